The molecule has 1 heterocycles. The first-order chi connectivity index (χ1) is 18.2. The second-order valence-corrected chi connectivity index (χ2v) is 9.85. The molecular weight excluding hydrogens is 582 g/mol. The van der Waals surface area contributed by atoms with E-state index in [1.807, 2.05) is 6.92 Å². The van der Waals surface area contributed by atoms with Gasteiger partial charge in [-0.25, -0.2) is 8.78 Å². The quantitative estimate of drug-likeness (QED) is 0.286. The third-order valence-corrected chi connectivity index (χ3v) is 6.71. The number of carbonyl (C=O) groups is 3. The number of halogens is 3. The molecule has 1 N–H and O–H groups in total. The number of anilines is 1. The summed E-state index contributed by atoms with van der Waals surface area (Å²) in [5.74, 6) is -1.30. The van der Waals surface area contributed by atoms with Gasteiger partial charge in [0, 0.05) is 5.69 Å². The Morgan fingerprint density at radius 3 is 2.53 bits per heavy atom. The fourth-order valence-corrected chi connectivity index (χ4v) is 4.92. The number of carbonyl (C=O) groups excluding carboxylic acids is 3. The van der Waals surface area contributed by atoms with Crippen molar-refractivity contribution in [1.82, 2.24) is 4.90 Å². The number of hydrogen-bond donors (Lipinski definition) is 1. The molecule has 0 radical (unpaired) electrons. The van der Waals surface area contributed by atoms with Gasteiger partial charge in [0.2, 0.25) is 5.91 Å². The summed E-state index contributed by atoms with van der Waals surface area (Å²) in [6, 6.07) is 14.6. The van der Waals surface area contributed by atoms with E-state index < -0.39 is 29.4 Å². The maximum atomic E-state index is 13.4. The molecule has 11 heteroatoms. The predicted molar refractivity (Wildman–Crippen MR) is 144 cm³/mol. The summed E-state index contributed by atoms with van der Waals surface area (Å²) in [5, 5.41) is 1.87. The highest BCUT2D eigenvalue weighted by Crippen LogP contribution is 2.39. The fourth-order valence-electron chi connectivity index (χ4n) is 3.51. The minimum absolute atomic E-state index is 0.128. The van der Waals surface area contributed by atoms with Crippen LogP contribution in [0, 0.1) is 11.6 Å². The largest absolute Gasteiger partial charge is 0.490 e. The van der Waals surface area contributed by atoms with Crippen LogP contribution in [-0.2, 0) is 16.2 Å². The smallest absolute Gasteiger partial charge is 0.294 e. The van der Waals surface area contributed by atoms with Crippen LogP contribution in [0.15, 0.2) is 70.0 Å². The Morgan fingerprint density at radius 2 is 1.82 bits per heavy atom. The molecule has 7 nitrogen and oxygen atoms in total. The van der Waals surface area contributed by atoms with E-state index in [0.29, 0.717) is 39.9 Å². The molecule has 196 valence electrons. The van der Waals surface area contributed by atoms with Crippen molar-refractivity contribution in [3.05, 3.63) is 92.8 Å². The molecule has 38 heavy (non-hydrogen) atoms. The van der Waals surface area contributed by atoms with Crippen LogP contribution in [0.1, 0.15) is 18.1 Å². The maximum Gasteiger partial charge on any atom is 0.294 e. The number of rotatable bonds is 9. The van der Waals surface area contributed by atoms with Crippen molar-refractivity contribution < 1.29 is 32.6 Å². The third-order valence-electron chi connectivity index (χ3n) is 5.21. The standard InChI is InChI=1S/C27H21BrF2N2O5S/c1-2-36-22-11-17(10-21(28)25(22)37-15-16-6-8-18(29)9-7-16)12-23-26(34)32(27(35)38-23)14-24(33)31-20-5-3-4-19(30)13-20/h3-13H,2,14-15H2,1H3,(H,31,33)/b23-12+. The lowest BCUT2D eigenvalue weighted by atomic mass is 10.1. The van der Waals surface area contributed by atoms with Gasteiger partial charge in [0.25, 0.3) is 11.1 Å². The van der Waals surface area contributed by atoms with Gasteiger partial charge in [0.15, 0.2) is 11.5 Å². The molecule has 3 amide bonds. The molecule has 4 rings (SSSR count). The second-order valence-electron chi connectivity index (χ2n) is 8.00. The number of nitrogens with one attached hydrogen (secondary N) is 1. The topological polar surface area (TPSA) is 84.9 Å². The van der Waals surface area contributed by atoms with Gasteiger partial charge in [0.05, 0.1) is 16.0 Å². The Morgan fingerprint density at radius 1 is 1.05 bits per heavy atom. The molecule has 0 spiro atoms. The number of imide groups is 1. The fraction of sp³-hybridized carbons (Fsp3) is 0.148. The van der Waals surface area contributed by atoms with Crippen LogP contribution >= 0.6 is 27.7 Å². The van der Waals surface area contributed by atoms with E-state index in [-0.39, 0.29) is 23.0 Å². The molecular formula is C27H21BrF2N2O5S. The summed E-state index contributed by atoms with van der Waals surface area (Å²) in [7, 11) is 0. The number of benzene rings is 3. The summed E-state index contributed by atoms with van der Waals surface area (Å²) in [6.45, 7) is 1.82. The van der Waals surface area contributed by atoms with Crippen molar-refractivity contribution in [3.63, 3.8) is 0 Å². The molecule has 0 aliphatic carbocycles. The van der Waals surface area contributed by atoms with Crippen LogP contribution < -0.4 is 14.8 Å². The number of nitrogens with zero attached hydrogens (tertiary/aromatic N) is 1. The molecule has 1 saturated heterocycles. The second kappa shape index (κ2) is 12.2. The highest BCUT2D eigenvalue weighted by atomic mass is 79.9. The molecule has 0 aromatic heterocycles. The zero-order valence-electron chi connectivity index (χ0n) is 20.0. The molecule has 1 aliphatic heterocycles. The Hall–Kier alpha value is -3.70. The van der Waals surface area contributed by atoms with Crippen molar-refractivity contribution in [1.29, 1.82) is 0 Å². The van der Waals surface area contributed by atoms with E-state index in [1.54, 1.807) is 24.3 Å². The van der Waals surface area contributed by atoms with Gasteiger partial charge >= 0.3 is 0 Å². The first-order valence-corrected chi connectivity index (χ1v) is 13.0. The van der Waals surface area contributed by atoms with Crippen LogP contribution in [-0.4, -0.2) is 35.1 Å². The summed E-state index contributed by atoms with van der Waals surface area (Å²) in [4.78, 5) is 38.7. The molecule has 3 aromatic rings. The monoisotopic (exact) mass is 602 g/mol. The Balaban J connectivity index is 1.48. The van der Waals surface area contributed by atoms with Gasteiger partial charge in [-0.15, -0.1) is 0 Å². The number of hydrogen-bond acceptors (Lipinski definition) is 6. The minimum Gasteiger partial charge on any atom is -0.490 e. The van der Waals surface area contributed by atoms with E-state index in [0.717, 1.165) is 16.5 Å². The van der Waals surface area contributed by atoms with Crippen LogP contribution in [0.3, 0.4) is 0 Å². The van der Waals surface area contributed by atoms with Gasteiger partial charge in [-0.1, -0.05) is 18.2 Å². The lowest BCUT2D eigenvalue weighted by Crippen LogP contribution is -2.36. The Bertz CT molecular complexity index is 1420. The zero-order valence-corrected chi connectivity index (χ0v) is 22.4. The molecule has 0 bridgehead atoms. The number of ether oxygens (including phenoxy) is 2. The average Bonchev–Trinajstić information content (AvgIpc) is 3.12. The van der Waals surface area contributed by atoms with Gasteiger partial charge < -0.3 is 14.8 Å². The predicted octanol–water partition coefficient (Wildman–Crippen LogP) is 6.38. The lowest BCUT2D eigenvalue weighted by molar-refractivity contribution is -0.127. The lowest BCUT2D eigenvalue weighted by Gasteiger charge is -2.15. The SMILES string of the molecule is CCOc1cc(/C=C2/SC(=O)N(CC(=O)Nc3cccc(F)c3)C2=O)cc(Br)c1OCc1ccc(F)cc1. The van der Waals surface area contributed by atoms with Crippen molar-refractivity contribution in [2.45, 2.75) is 13.5 Å². The molecule has 1 fully saturated rings. The van der Waals surface area contributed by atoms with E-state index >= 15 is 0 Å². The Labute approximate surface area is 229 Å². The average molecular weight is 603 g/mol. The van der Waals surface area contributed by atoms with E-state index in [2.05, 4.69) is 21.2 Å². The van der Waals surface area contributed by atoms with Crippen LogP contribution in [0.5, 0.6) is 11.5 Å². The van der Waals surface area contributed by atoms with Crippen LogP contribution in [0.4, 0.5) is 19.3 Å². The van der Waals surface area contributed by atoms with E-state index in [4.69, 9.17) is 9.47 Å². The van der Waals surface area contributed by atoms with Crippen LogP contribution in [0.25, 0.3) is 6.08 Å². The molecule has 0 atom stereocenters. The molecule has 0 unspecified atom stereocenters. The number of thioether (sulfide) groups is 1. The van der Waals surface area contributed by atoms with Gasteiger partial charge in [-0.05, 0) is 94.3 Å². The third kappa shape index (κ3) is 6.78. The first kappa shape index (κ1) is 27.3. The van der Waals surface area contributed by atoms with Gasteiger partial charge in [-0.3, -0.25) is 19.3 Å². The van der Waals surface area contributed by atoms with Gasteiger partial charge in [0.1, 0.15) is 24.8 Å². The maximum absolute atomic E-state index is 13.4. The van der Waals surface area contributed by atoms with Crippen molar-refractivity contribution in [3.8, 4) is 11.5 Å². The van der Waals surface area contributed by atoms with Gasteiger partial charge in [-0.2, -0.15) is 0 Å². The van der Waals surface area contributed by atoms with Crippen molar-refractivity contribution in [2.24, 2.45) is 0 Å². The molecule has 3 aromatic carbocycles. The normalized spacial score (nSPS) is 14.2. The van der Waals surface area contributed by atoms with Crippen molar-refractivity contribution >= 4 is 56.5 Å². The van der Waals surface area contributed by atoms with E-state index in [9.17, 15) is 23.2 Å². The molecule has 0 saturated carbocycles. The first-order valence-electron chi connectivity index (χ1n) is 11.4. The highest BCUT2D eigenvalue weighted by Gasteiger charge is 2.36. The summed E-state index contributed by atoms with van der Waals surface area (Å²) in [5.41, 5.74) is 1.54. The molecule has 1 aliphatic rings. The zero-order chi connectivity index (χ0) is 27.2. The van der Waals surface area contributed by atoms with Crippen LogP contribution in [0.2, 0.25) is 0 Å². The number of amides is 3. The minimum atomic E-state index is -0.636. The summed E-state index contributed by atoms with van der Waals surface area (Å²) < 4.78 is 38.7. The highest BCUT2D eigenvalue weighted by molar-refractivity contribution is 9.10. The summed E-state index contributed by atoms with van der Waals surface area (Å²) >= 11 is 4.17. The van der Waals surface area contributed by atoms with E-state index in [1.165, 1.54) is 36.4 Å². The van der Waals surface area contributed by atoms with Crippen molar-refractivity contribution in [2.75, 3.05) is 18.5 Å². The summed E-state index contributed by atoms with van der Waals surface area (Å²) in [6.07, 6.45) is 1.52. The Kier molecular flexibility index (Phi) is 8.80.